The van der Waals surface area contributed by atoms with Crippen LogP contribution in [0.2, 0.25) is 0 Å². The fourth-order valence-corrected chi connectivity index (χ4v) is 4.53. The summed E-state index contributed by atoms with van der Waals surface area (Å²) in [4.78, 5) is 18.4. The molecule has 3 atom stereocenters. The fourth-order valence-electron chi connectivity index (χ4n) is 3.79. The lowest BCUT2D eigenvalue weighted by Crippen LogP contribution is -2.41. The van der Waals surface area contributed by atoms with Gasteiger partial charge in [0.05, 0.1) is 10.7 Å². The van der Waals surface area contributed by atoms with Crippen LogP contribution in [0.5, 0.6) is 0 Å². The minimum Gasteiger partial charge on any atom is -0.480 e. The maximum atomic E-state index is 11.5. The maximum Gasteiger partial charge on any atom is 0.320 e. The zero-order chi connectivity index (χ0) is 14.1. The van der Waals surface area contributed by atoms with Crippen LogP contribution in [-0.4, -0.2) is 33.0 Å². The Bertz CT molecular complexity index is 488. The van der Waals surface area contributed by atoms with Gasteiger partial charge in [0.25, 0.3) is 0 Å². The number of hydrogen-bond acceptors (Lipinski definition) is 4. The Balaban J connectivity index is 1.78. The van der Waals surface area contributed by atoms with Gasteiger partial charge in [-0.15, -0.1) is 11.3 Å². The lowest BCUT2D eigenvalue weighted by Gasteiger charge is -2.32. The topological polar surface area (TPSA) is 53.4 Å². The van der Waals surface area contributed by atoms with Crippen LogP contribution in [0.15, 0.2) is 5.38 Å². The number of fused-ring (bicyclic) bond motifs is 1. The second-order valence-corrected chi connectivity index (χ2v) is 6.90. The van der Waals surface area contributed by atoms with Crippen LogP contribution in [0.1, 0.15) is 49.7 Å². The Morgan fingerprint density at radius 3 is 3.00 bits per heavy atom. The third-order valence-corrected chi connectivity index (χ3v) is 5.79. The number of hydrogen-bond donors (Lipinski definition) is 1. The van der Waals surface area contributed by atoms with Gasteiger partial charge in [0.1, 0.15) is 6.04 Å². The van der Waals surface area contributed by atoms with Crippen LogP contribution in [0.25, 0.3) is 0 Å². The van der Waals surface area contributed by atoms with Crippen molar-refractivity contribution in [3.8, 4) is 0 Å². The smallest absolute Gasteiger partial charge is 0.320 e. The molecular formula is C15H22N2O2S. The van der Waals surface area contributed by atoms with Gasteiger partial charge < -0.3 is 5.11 Å². The lowest BCUT2D eigenvalue weighted by molar-refractivity contribution is -0.142. The Kier molecular flexibility index (Phi) is 4.08. The van der Waals surface area contributed by atoms with Gasteiger partial charge in [-0.05, 0) is 31.6 Å². The first-order valence-corrected chi connectivity index (χ1v) is 8.48. The highest BCUT2D eigenvalue weighted by molar-refractivity contribution is 7.09. The third kappa shape index (κ3) is 2.61. The van der Waals surface area contributed by atoms with Crippen molar-refractivity contribution < 1.29 is 9.90 Å². The minimum absolute atomic E-state index is 0.310. The van der Waals surface area contributed by atoms with Gasteiger partial charge in [-0.3, -0.25) is 9.69 Å². The molecule has 5 heteroatoms. The number of thiazole rings is 1. The van der Waals surface area contributed by atoms with Crippen LogP contribution in [0, 0.1) is 5.92 Å². The van der Waals surface area contributed by atoms with Crippen molar-refractivity contribution in [1.82, 2.24) is 9.88 Å². The number of nitrogens with zero attached hydrogens (tertiary/aromatic N) is 2. The lowest BCUT2D eigenvalue weighted by atomic mass is 9.85. The van der Waals surface area contributed by atoms with Crippen LogP contribution in [0.4, 0.5) is 0 Å². The summed E-state index contributed by atoms with van der Waals surface area (Å²) in [6.07, 6.45) is 6.63. The molecule has 2 aliphatic rings. The second-order valence-electron chi connectivity index (χ2n) is 5.96. The van der Waals surface area contributed by atoms with Gasteiger partial charge in [-0.1, -0.05) is 19.8 Å². The summed E-state index contributed by atoms with van der Waals surface area (Å²) in [5.41, 5.74) is 1.05. The molecule has 0 amide bonds. The third-order valence-electron chi connectivity index (χ3n) is 4.75. The van der Waals surface area contributed by atoms with Crippen LogP contribution in [-0.2, 0) is 17.8 Å². The highest BCUT2D eigenvalue weighted by Gasteiger charge is 2.45. The first-order valence-electron chi connectivity index (χ1n) is 7.61. The van der Waals surface area contributed by atoms with E-state index < -0.39 is 5.97 Å². The predicted octanol–water partition coefficient (Wildman–Crippen LogP) is 2.92. The standard InChI is InChI=1S/C15H22N2O2S/c1-2-14-16-11(9-20-14)8-17-12-6-4-3-5-10(12)7-13(17)15(18)19/h9-10,12-13H,2-8H2,1H3,(H,18,19)/t10-,12+,13+/m1/s1. The zero-order valence-corrected chi connectivity index (χ0v) is 12.7. The molecule has 3 rings (SSSR count). The molecule has 1 aliphatic heterocycles. The second kappa shape index (κ2) is 5.82. The molecule has 20 heavy (non-hydrogen) atoms. The van der Waals surface area contributed by atoms with Crippen molar-refractivity contribution >= 4 is 17.3 Å². The van der Waals surface area contributed by atoms with Crippen molar-refractivity contribution in [3.63, 3.8) is 0 Å². The quantitative estimate of drug-likeness (QED) is 0.927. The van der Waals surface area contributed by atoms with Gasteiger partial charge in [0, 0.05) is 18.0 Å². The van der Waals surface area contributed by atoms with Crippen molar-refractivity contribution in [1.29, 1.82) is 0 Å². The maximum absolute atomic E-state index is 11.5. The molecule has 1 aromatic heterocycles. The first-order chi connectivity index (χ1) is 9.69. The highest BCUT2D eigenvalue weighted by atomic mass is 32.1. The number of carboxylic acid groups (broad SMARTS) is 1. The van der Waals surface area contributed by atoms with E-state index in [-0.39, 0.29) is 6.04 Å². The molecule has 2 heterocycles. The molecule has 0 radical (unpaired) electrons. The largest absolute Gasteiger partial charge is 0.480 e. The zero-order valence-electron chi connectivity index (χ0n) is 11.9. The molecule has 0 aromatic carbocycles. The van der Waals surface area contributed by atoms with Gasteiger partial charge in [0.2, 0.25) is 0 Å². The Labute approximate surface area is 123 Å². The van der Waals surface area contributed by atoms with Crippen LogP contribution >= 0.6 is 11.3 Å². The molecule has 1 aromatic rings. The van der Waals surface area contributed by atoms with Gasteiger partial charge >= 0.3 is 5.97 Å². The van der Waals surface area contributed by atoms with E-state index in [9.17, 15) is 9.90 Å². The van der Waals surface area contributed by atoms with Crippen molar-refractivity contribution in [2.45, 2.75) is 64.1 Å². The summed E-state index contributed by atoms with van der Waals surface area (Å²) in [7, 11) is 0. The van der Waals surface area contributed by atoms with E-state index in [1.807, 2.05) is 0 Å². The molecular weight excluding hydrogens is 272 g/mol. The SMILES string of the molecule is CCc1nc(CN2[C@H](C(=O)O)C[C@H]3CCCC[C@@H]32)cs1. The van der Waals surface area contributed by atoms with Crippen LogP contribution < -0.4 is 0 Å². The van der Waals surface area contributed by atoms with E-state index >= 15 is 0 Å². The molecule has 0 spiro atoms. The molecule has 0 bridgehead atoms. The van der Waals surface area contributed by atoms with Crippen molar-refractivity contribution in [3.05, 3.63) is 16.1 Å². The first kappa shape index (κ1) is 14.0. The molecule has 2 fully saturated rings. The Morgan fingerprint density at radius 2 is 2.30 bits per heavy atom. The Morgan fingerprint density at radius 1 is 1.50 bits per heavy atom. The number of carboxylic acids is 1. The molecule has 4 nitrogen and oxygen atoms in total. The summed E-state index contributed by atoms with van der Waals surface area (Å²) in [6.45, 7) is 2.81. The van der Waals surface area contributed by atoms with E-state index in [4.69, 9.17) is 0 Å². The monoisotopic (exact) mass is 294 g/mol. The molecule has 1 saturated heterocycles. The van der Waals surface area contributed by atoms with Gasteiger partial charge in [0.15, 0.2) is 0 Å². The van der Waals surface area contributed by atoms with Crippen molar-refractivity contribution in [2.24, 2.45) is 5.92 Å². The highest BCUT2D eigenvalue weighted by Crippen LogP contribution is 2.40. The normalized spacial score (nSPS) is 30.4. The van der Waals surface area contributed by atoms with E-state index in [0.29, 0.717) is 18.5 Å². The van der Waals surface area contributed by atoms with E-state index in [1.165, 1.54) is 19.3 Å². The van der Waals surface area contributed by atoms with Gasteiger partial charge in [-0.25, -0.2) is 4.98 Å². The van der Waals surface area contributed by atoms with Gasteiger partial charge in [-0.2, -0.15) is 0 Å². The van der Waals surface area contributed by atoms with Crippen molar-refractivity contribution in [2.75, 3.05) is 0 Å². The number of aliphatic carboxylic acids is 1. The number of aromatic nitrogens is 1. The van der Waals surface area contributed by atoms with E-state index in [0.717, 1.165) is 30.0 Å². The number of rotatable bonds is 4. The average molecular weight is 294 g/mol. The Hall–Kier alpha value is -0.940. The van der Waals surface area contributed by atoms with Crippen LogP contribution in [0.3, 0.4) is 0 Å². The number of aryl methyl sites for hydroxylation is 1. The summed E-state index contributed by atoms with van der Waals surface area (Å²) in [6, 6.07) is 0.145. The molecule has 1 N–H and O–H groups in total. The molecule has 110 valence electrons. The summed E-state index contributed by atoms with van der Waals surface area (Å²) in [5.74, 6) is -0.0838. The van der Waals surface area contributed by atoms with E-state index in [1.54, 1.807) is 11.3 Å². The average Bonchev–Trinajstić information content (AvgIpc) is 3.04. The molecule has 1 aliphatic carbocycles. The molecule has 1 saturated carbocycles. The predicted molar refractivity (Wildman–Crippen MR) is 78.8 cm³/mol. The fraction of sp³-hybridized carbons (Fsp3) is 0.733. The minimum atomic E-state index is -0.662. The summed E-state index contributed by atoms with van der Waals surface area (Å²) in [5, 5.41) is 12.7. The van der Waals surface area contributed by atoms with E-state index in [2.05, 4.69) is 22.2 Å². The molecule has 0 unspecified atom stereocenters. The summed E-state index contributed by atoms with van der Waals surface area (Å²) < 4.78 is 0. The number of likely N-dealkylation sites (tertiary alicyclic amines) is 1. The number of carbonyl (C=O) groups is 1. The summed E-state index contributed by atoms with van der Waals surface area (Å²) >= 11 is 1.69.